The molecule has 0 radical (unpaired) electrons. The van der Waals surface area contributed by atoms with E-state index in [0.29, 0.717) is 21.9 Å². The molecule has 3 nitrogen and oxygen atoms in total. The molecule has 3 rings (SSSR count). The number of nitrogens with zero attached hydrogens (tertiary/aromatic N) is 2. The summed E-state index contributed by atoms with van der Waals surface area (Å²) in [6.07, 6.45) is 2.72. The van der Waals surface area contributed by atoms with Crippen molar-refractivity contribution in [2.45, 2.75) is 40.0 Å². The smallest absolute Gasteiger partial charge is 0.171 e. The number of hydrogen-bond acceptors (Lipinski definition) is 2. The summed E-state index contributed by atoms with van der Waals surface area (Å²) in [5.41, 5.74) is 1.14. The first-order valence-corrected chi connectivity index (χ1v) is 12.0. The van der Waals surface area contributed by atoms with Gasteiger partial charge in [-0.3, -0.25) is 0 Å². The molecule has 1 atom stereocenters. The van der Waals surface area contributed by atoms with Crippen LogP contribution < -0.4 is 0 Å². The lowest BCUT2D eigenvalue weighted by atomic mass is 9.83. The van der Waals surface area contributed by atoms with E-state index in [1.807, 2.05) is 33.9 Å². The first-order chi connectivity index (χ1) is 12.6. The lowest BCUT2D eigenvalue weighted by molar-refractivity contribution is 0.0796. The average Bonchev–Trinajstić information content (AvgIpc) is 2.92. The van der Waals surface area contributed by atoms with Gasteiger partial charge in [-0.2, -0.15) is 0 Å². The SMILES string of the molecule is C[SiH](C)OC(c1c(F)ccc(-c2ccc3nc(Cl)cn3c2)c1F)C(C)(C)C. The molecule has 0 fully saturated rings. The lowest BCUT2D eigenvalue weighted by Crippen LogP contribution is -2.27. The molecule has 1 unspecified atom stereocenters. The highest BCUT2D eigenvalue weighted by Gasteiger charge is 2.33. The molecule has 0 N–H and O–H groups in total. The Bertz CT molecular complexity index is 982. The summed E-state index contributed by atoms with van der Waals surface area (Å²) in [7, 11) is -1.52. The molecule has 0 amide bonds. The van der Waals surface area contributed by atoms with E-state index in [4.69, 9.17) is 16.0 Å². The quantitative estimate of drug-likeness (QED) is 0.493. The zero-order valence-corrected chi connectivity index (χ0v) is 18.0. The Labute approximate surface area is 164 Å². The fourth-order valence-electron chi connectivity index (χ4n) is 3.13. The van der Waals surface area contributed by atoms with E-state index in [9.17, 15) is 4.39 Å². The molecule has 0 aliphatic heterocycles. The van der Waals surface area contributed by atoms with E-state index in [1.165, 1.54) is 12.1 Å². The number of rotatable bonds is 4. The second-order valence-electron chi connectivity index (χ2n) is 8.00. The van der Waals surface area contributed by atoms with Crippen molar-refractivity contribution in [2.24, 2.45) is 5.41 Å². The van der Waals surface area contributed by atoms with Gasteiger partial charge in [0.25, 0.3) is 0 Å². The van der Waals surface area contributed by atoms with Gasteiger partial charge in [-0.25, -0.2) is 13.8 Å². The zero-order valence-electron chi connectivity index (χ0n) is 16.1. The molecule has 0 bridgehead atoms. The highest BCUT2D eigenvalue weighted by atomic mass is 35.5. The molecule has 0 saturated carbocycles. The maximum atomic E-state index is 15.5. The minimum atomic E-state index is -1.52. The van der Waals surface area contributed by atoms with Crippen LogP contribution in [0, 0.1) is 17.0 Å². The molecule has 0 aliphatic carbocycles. The van der Waals surface area contributed by atoms with Crippen molar-refractivity contribution in [1.82, 2.24) is 9.38 Å². The second kappa shape index (κ2) is 7.34. The summed E-state index contributed by atoms with van der Waals surface area (Å²) in [5, 5.41) is 0.357. The van der Waals surface area contributed by atoms with Gasteiger partial charge >= 0.3 is 0 Å². The Morgan fingerprint density at radius 3 is 2.44 bits per heavy atom. The van der Waals surface area contributed by atoms with Crippen molar-refractivity contribution in [3.8, 4) is 11.1 Å². The van der Waals surface area contributed by atoms with Gasteiger partial charge in [0.15, 0.2) is 9.04 Å². The summed E-state index contributed by atoms with van der Waals surface area (Å²) in [6.45, 7) is 9.78. The van der Waals surface area contributed by atoms with Crippen molar-refractivity contribution in [1.29, 1.82) is 0 Å². The number of hydrogen-bond donors (Lipinski definition) is 0. The van der Waals surface area contributed by atoms with E-state index in [-0.39, 0.29) is 5.56 Å². The Morgan fingerprint density at radius 2 is 1.81 bits per heavy atom. The fourth-order valence-corrected chi connectivity index (χ4v) is 4.41. The molecular weight excluding hydrogens is 386 g/mol. The maximum absolute atomic E-state index is 15.5. The van der Waals surface area contributed by atoms with E-state index in [1.54, 1.807) is 28.9 Å². The van der Waals surface area contributed by atoms with Crippen LogP contribution >= 0.6 is 11.6 Å². The molecule has 7 heteroatoms. The standard InChI is InChI=1S/C20H23ClF2N2OSi/c1-20(2,3)19(26-27(4)5)17-14(22)8-7-13(18(17)23)12-6-9-16-24-15(21)11-25(16)10-12/h6-11,19,27H,1-5H3. The third kappa shape index (κ3) is 4.07. The van der Waals surface area contributed by atoms with Crippen LogP contribution in [0.4, 0.5) is 8.78 Å². The number of aromatic nitrogens is 2. The van der Waals surface area contributed by atoms with Crippen molar-refractivity contribution in [3.05, 3.63) is 59.0 Å². The third-order valence-corrected chi connectivity index (χ3v) is 5.31. The van der Waals surface area contributed by atoms with Crippen LogP contribution in [0.25, 0.3) is 16.8 Å². The number of imidazole rings is 1. The minimum Gasteiger partial charge on any atom is -0.413 e. The van der Waals surface area contributed by atoms with E-state index >= 15 is 4.39 Å². The predicted molar refractivity (Wildman–Crippen MR) is 108 cm³/mol. The highest BCUT2D eigenvalue weighted by molar-refractivity contribution is 6.48. The first-order valence-electron chi connectivity index (χ1n) is 8.86. The molecule has 0 saturated heterocycles. The average molecular weight is 409 g/mol. The third-order valence-electron chi connectivity index (χ3n) is 4.32. The maximum Gasteiger partial charge on any atom is 0.171 e. The van der Waals surface area contributed by atoms with Crippen LogP contribution in [0.15, 0.2) is 36.7 Å². The van der Waals surface area contributed by atoms with E-state index in [0.717, 1.165) is 0 Å². The fraction of sp³-hybridized carbons (Fsp3) is 0.350. The Hall–Kier alpha value is -1.76. The van der Waals surface area contributed by atoms with Crippen molar-refractivity contribution in [3.63, 3.8) is 0 Å². The minimum absolute atomic E-state index is 0.00930. The van der Waals surface area contributed by atoms with Crippen molar-refractivity contribution >= 4 is 26.3 Å². The molecule has 3 aromatic rings. The van der Waals surface area contributed by atoms with Gasteiger partial charge in [-0.15, -0.1) is 0 Å². The molecule has 1 aromatic carbocycles. The summed E-state index contributed by atoms with van der Waals surface area (Å²) < 4.78 is 38.0. The molecule has 0 aliphatic rings. The number of halogens is 3. The van der Waals surface area contributed by atoms with Crippen LogP contribution in [-0.4, -0.2) is 18.4 Å². The van der Waals surface area contributed by atoms with Crippen LogP contribution in [0.2, 0.25) is 18.2 Å². The van der Waals surface area contributed by atoms with Gasteiger partial charge in [-0.1, -0.05) is 32.4 Å². The summed E-state index contributed by atoms with van der Waals surface area (Å²) >= 11 is 5.93. The van der Waals surface area contributed by atoms with Crippen molar-refractivity contribution in [2.75, 3.05) is 0 Å². The lowest BCUT2D eigenvalue weighted by Gasteiger charge is -2.33. The topological polar surface area (TPSA) is 26.5 Å². The van der Waals surface area contributed by atoms with E-state index in [2.05, 4.69) is 4.98 Å². The van der Waals surface area contributed by atoms with Crippen LogP contribution in [0.5, 0.6) is 0 Å². The second-order valence-corrected chi connectivity index (χ2v) is 10.8. The first kappa shape index (κ1) is 20.0. The van der Waals surface area contributed by atoms with Crippen LogP contribution in [-0.2, 0) is 4.43 Å². The number of benzene rings is 1. The molecule has 2 heterocycles. The summed E-state index contributed by atoms with van der Waals surface area (Å²) in [4.78, 5) is 4.15. The van der Waals surface area contributed by atoms with Gasteiger partial charge in [0.05, 0.1) is 11.7 Å². The van der Waals surface area contributed by atoms with Gasteiger partial charge in [0.2, 0.25) is 0 Å². The molecule has 2 aromatic heterocycles. The van der Waals surface area contributed by atoms with Gasteiger partial charge in [0, 0.05) is 23.5 Å². The normalized spacial score (nSPS) is 13.5. The molecular formula is C20H23ClF2N2OSi. The van der Waals surface area contributed by atoms with Gasteiger partial charge < -0.3 is 8.83 Å². The largest absolute Gasteiger partial charge is 0.413 e. The Kier molecular flexibility index (Phi) is 5.43. The molecule has 27 heavy (non-hydrogen) atoms. The van der Waals surface area contributed by atoms with E-state index < -0.39 is 32.2 Å². The van der Waals surface area contributed by atoms with Crippen LogP contribution in [0.3, 0.4) is 0 Å². The Balaban J connectivity index is 2.16. The van der Waals surface area contributed by atoms with Gasteiger partial charge in [-0.05, 0) is 42.8 Å². The summed E-state index contributed by atoms with van der Waals surface area (Å²) in [6, 6.07) is 6.27. The zero-order chi connectivity index (χ0) is 19.9. The number of fused-ring (bicyclic) bond motifs is 1. The molecule has 144 valence electrons. The monoisotopic (exact) mass is 408 g/mol. The van der Waals surface area contributed by atoms with Gasteiger partial charge in [0.1, 0.15) is 22.4 Å². The van der Waals surface area contributed by atoms with Crippen molar-refractivity contribution < 1.29 is 13.2 Å². The Morgan fingerprint density at radius 1 is 1.11 bits per heavy atom. The molecule has 0 spiro atoms. The predicted octanol–water partition coefficient (Wildman–Crippen LogP) is 6.02. The van der Waals surface area contributed by atoms with Crippen LogP contribution in [0.1, 0.15) is 32.4 Å². The summed E-state index contributed by atoms with van der Waals surface area (Å²) in [5.74, 6) is -1.17. The highest BCUT2D eigenvalue weighted by Crippen LogP contribution is 2.41. The number of pyridine rings is 1.